The Morgan fingerprint density at radius 2 is 1.83 bits per heavy atom. The average molecular weight is 418 g/mol. The van der Waals surface area contributed by atoms with Gasteiger partial charge in [-0.3, -0.25) is 14.6 Å². The molecule has 3 rings (SSSR count). The molecular weight excluding hydrogens is 392 g/mol. The highest BCUT2D eigenvalue weighted by Gasteiger charge is 2.36. The third-order valence-corrected chi connectivity index (χ3v) is 5.86. The second kappa shape index (κ2) is 9.15. The highest BCUT2D eigenvalue weighted by molar-refractivity contribution is 6.31. The summed E-state index contributed by atoms with van der Waals surface area (Å²) in [4.78, 5) is 40.4. The fourth-order valence-corrected chi connectivity index (χ4v) is 4.34. The van der Waals surface area contributed by atoms with Gasteiger partial charge >= 0.3 is 17.8 Å². The first kappa shape index (κ1) is 21.6. The van der Waals surface area contributed by atoms with E-state index in [0.29, 0.717) is 30.9 Å². The number of rotatable bonds is 6. The molecule has 1 saturated heterocycles. The molecule has 30 heavy (non-hydrogen) atoms. The summed E-state index contributed by atoms with van der Waals surface area (Å²) < 4.78 is 10.8. The van der Waals surface area contributed by atoms with Gasteiger partial charge in [0.1, 0.15) is 0 Å². The third-order valence-electron chi connectivity index (χ3n) is 5.86. The molecule has 1 amide bonds. The number of hydrogen-bond acceptors (Lipinski definition) is 6. The lowest BCUT2D eigenvalue weighted by Crippen LogP contribution is -2.47. The van der Waals surface area contributed by atoms with E-state index in [1.807, 2.05) is 12.1 Å². The number of carbonyl (C=O) groups excluding carboxylic acids is 1. The molecule has 2 N–H and O–H groups in total. The van der Waals surface area contributed by atoms with Crippen LogP contribution in [-0.4, -0.2) is 72.5 Å². The molecule has 9 nitrogen and oxygen atoms in total. The van der Waals surface area contributed by atoms with Gasteiger partial charge in [-0.25, -0.2) is 4.79 Å². The molecule has 0 aliphatic carbocycles. The maximum atomic E-state index is 12.0. The summed E-state index contributed by atoms with van der Waals surface area (Å²) in [6.07, 6.45) is 1.64. The number of aliphatic imine (C=N–C) groups is 1. The van der Waals surface area contributed by atoms with E-state index in [1.165, 1.54) is 4.90 Å². The van der Waals surface area contributed by atoms with Crippen molar-refractivity contribution in [1.82, 2.24) is 4.90 Å². The fourth-order valence-electron chi connectivity index (χ4n) is 4.34. The molecule has 0 spiro atoms. The van der Waals surface area contributed by atoms with Crippen LogP contribution in [0.2, 0.25) is 0 Å². The predicted molar refractivity (Wildman–Crippen MR) is 107 cm³/mol. The van der Waals surface area contributed by atoms with Gasteiger partial charge in [0.05, 0.1) is 14.2 Å². The van der Waals surface area contributed by atoms with Crippen molar-refractivity contribution in [2.24, 2.45) is 16.8 Å². The van der Waals surface area contributed by atoms with E-state index in [0.717, 1.165) is 23.3 Å². The fraction of sp³-hybridized carbons (Fsp3) is 0.524. The second-order valence-corrected chi connectivity index (χ2v) is 7.61. The number of ether oxygens (including phenoxy) is 2. The summed E-state index contributed by atoms with van der Waals surface area (Å²) in [5, 5.41) is 18.4. The Hall–Kier alpha value is -3.10. The van der Waals surface area contributed by atoms with Gasteiger partial charge in [-0.05, 0) is 48.8 Å². The molecule has 0 radical (unpaired) electrons. The number of aliphatic carboxylic acids is 2. The van der Waals surface area contributed by atoms with Crippen LogP contribution >= 0.6 is 0 Å². The van der Waals surface area contributed by atoms with Gasteiger partial charge in [-0.15, -0.1) is 0 Å². The molecule has 0 saturated carbocycles. The van der Waals surface area contributed by atoms with Crippen LogP contribution < -0.4 is 9.47 Å². The maximum Gasteiger partial charge on any atom is 0.394 e. The minimum absolute atomic E-state index is 0.0220. The van der Waals surface area contributed by atoms with Gasteiger partial charge in [0.2, 0.25) is 0 Å². The van der Waals surface area contributed by atoms with Crippen LogP contribution in [0.4, 0.5) is 0 Å². The maximum absolute atomic E-state index is 12.0. The Labute approximate surface area is 174 Å². The summed E-state index contributed by atoms with van der Waals surface area (Å²) in [5.41, 5.74) is 2.82. The molecule has 1 fully saturated rings. The van der Waals surface area contributed by atoms with Crippen LogP contribution in [0, 0.1) is 11.8 Å². The number of nitrogens with zero attached hydrogens (tertiary/aromatic N) is 2. The number of hydrogen-bond donors (Lipinski definition) is 2. The first-order chi connectivity index (χ1) is 14.3. The molecular formula is C21H26N2O7. The van der Waals surface area contributed by atoms with Crippen LogP contribution in [0.1, 0.15) is 30.4 Å². The van der Waals surface area contributed by atoms with Gasteiger partial charge in [0.25, 0.3) is 0 Å². The van der Waals surface area contributed by atoms with Crippen molar-refractivity contribution in [3.8, 4) is 11.5 Å². The Bertz CT molecular complexity index is 880. The normalized spacial score (nSPS) is 20.7. The number of methoxy groups -OCH3 is 2. The number of carbonyl (C=O) groups is 3. The topological polar surface area (TPSA) is 126 Å². The van der Waals surface area contributed by atoms with Crippen LogP contribution in [0.25, 0.3) is 0 Å². The monoisotopic (exact) mass is 418 g/mol. The lowest BCUT2D eigenvalue weighted by Gasteiger charge is -2.38. The number of likely N-dealkylation sites (tertiary alicyclic amines) is 1. The third kappa shape index (κ3) is 4.55. The van der Waals surface area contributed by atoms with E-state index in [1.54, 1.807) is 14.2 Å². The first-order valence-electron chi connectivity index (χ1n) is 9.86. The van der Waals surface area contributed by atoms with Crippen LogP contribution in [0.15, 0.2) is 17.1 Å². The van der Waals surface area contributed by atoms with Crippen molar-refractivity contribution >= 4 is 23.6 Å². The zero-order valence-electron chi connectivity index (χ0n) is 17.1. The van der Waals surface area contributed by atoms with Gasteiger partial charge in [0.15, 0.2) is 11.5 Å². The van der Waals surface area contributed by atoms with E-state index in [-0.39, 0.29) is 31.3 Å². The summed E-state index contributed by atoms with van der Waals surface area (Å²) in [7, 11) is 3.14. The average Bonchev–Trinajstić information content (AvgIpc) is 2.73. The van der Waals surface area contributed by atoms with E-state index in [4.69, 9.17) is 14.6 Å². The molecule has 2 heterocycles. The summed E-state index contributed by atoms with van der Waals surface area (Å²) in [5.74, 6) is -2.49. The molecule has 2 atom stereocenters. The summed E-state index contributed by atoms with van der Waals surface area (Å²) in [6, 6.07) is 3.81. The highest BCUT2D eigenvalue weighted by atomic mass is 16.5. The Balaban J connectivity index is 1.87. The smallest absolute Gasteiger partial charge is 0.394 e. The van der Waals surface area contributed by atoms with Crippen molar-refractivity contribution in [3.05, 3.63) is 23.3 Å². The zero-order chi connectivity index (χ0) is 21.8. The van der Waals surface area contributed by atoms with Gasteiger partial charge in [0, 0.05) is 37.3 Å². The van der Waals surface area contributed by atoms with Crippen molar-refractivity contribution in [2.75, 3.05) is 33.9 Å². The lowest BCUT2D eigenvalue weighted by atomic mass is 9.78. The molecule has 162 valence electrons. The van der Waals surface area contributed by atoms with E-state index >= 15 is 0 Å². The second-order valence-electron chi connectivity index (χ2n) is 7.61. The minimum Gasteiger partial charge on any atom is -0.493 e. The number of benzene rings is 1. The number of amides is 1. The van der Waals surface area contributed by atoms with Gasteiger partial charge in [-0.1, -0.05) is 0 Å². The molecule has 1 aromatic rings. The van der Waals surface area contributed by atoms with Crippen molar-refractivity contribution < 1.29 is 34.1 Å². The SMILES string of the molecule is COc1cc2c(cc1OC)C(C[C@H]1CN(C(=O)C(=O)O)CC[C@H]1CC(=O)O)=NCC2. The van der Waals surface area contributed by atoms with Gasteiger partial charge in [-0.2, -0.15) is 0 Å². The quantitative estimate of drug-likeness (QED) is 0.670. The number of piperidine rings is 1. The largest absolute Gasteiger partial charge is 0.493 e. The molecule has 2 aliphatic rings. The minimum atomic E-state index is -1.50. The molecule has 0 unspecified atom stereocenters. The summed E-state index contributed by atoms with van der Waals surface area (Å²) >= 11 is 0. The Kier molecular flexibility index (Phi) is 6.59. The first-order valence-corrected chi connectivity index (χ1v) is 9.86. The van der Waals surface area contributed by atoms with E-state index in [2.05, 4.69) is 4.99 Å². The van der Waals surface area contributed by atoms with Crippen LogP contribution in [-0.2, 0) is 20.8 Å². The number of carboxylic acid groups (broad SMARTS) is 2. The molecule has 1 aromatic carbocycles. The number of carboxylic acids is 2. The van der Waals surface area contributed by atoms with Crippen molar-refractivity contribution in [1.29, 1.82) is 0 Å². The zero-order valence-corrected chi connectivity index (χ0v) is 17.1. The molecule has 2 aliphatic heterocycles. The lowest BCUT2D eigenvalue weighted by molar-refractivity contribution is -0.157. The van der Waals surface area contributed by atoms with Crippen molar-refractivity contribution in [3.63, 3.8) is 0 Å². The van der Waals surface area contributed by atoms with Gasteiger partial charge < -0.3 is 24.6 Å². The summed E-state index contributed by atoms with van der Waals surface area (Å²) in [6.45, 7) is 1.05. The van der Waals surface area contributed by atoms with Crippen LogP contribution in [0.5, 0.6) is 11.5 Å². The van der Waals surface area contributed by atoms with E-state index < -0.39 is 17.8 Å². The standard InChI is InChI=1S/C21H26N2O7/c1-29-17-8-13-3-5-22-16(15(13)10-18(17)30-2)7-14-11-23(20(26)21(27)28)6-4-12(14)9-19(24)25/h8,10,12,14H,3-7,9,11H2,1-2H3,(H,24,25)(H,27,28)/t12-,14-/m0/s1. The number of fused-ring (bicyclic) bond motifs is 1. The Morgan fingerprint density at radius 3 is 2.47 bits per heavy atom. The molecule has 0 aromatic heterocycles. The van der Waals surface area contributed by atoms with Crippen LogP contribution in [0.3, 0.4) is 0 Å². The highest BCUT2D eigenvalue weighted by Crippen LogP contribution is 2.36. The van der Waals surface area contributed by atoms with E-state index in [9.17, 15) is 19.5 Å². The predicted octanol–water partition coefficient (Wildman–Crippen LogP) is 1.46. The molecule has 0 bridgehead atoms. The Morgan fingerprint density at radius 1 is 1.13 bits per heavy atom. The molecule has 9 heteroatoms. The van der Waals surface area contributed by atoms with Crippen molar-refractivity contribution in [2.45, 2.75) is 25.7 Å².